The maximum atomic E-state index is 12.9. The molecule has 2 aliphatic heterocycles. The number of hydrogen-bond donors (Lipinski definition) is 0. The minimum absolute atomic E-state index is 0.0114. The summed E-state index contributed by atoms with van der Waals surface area (Å²) in [6.45, 7) is 5.90. The van der Waals surface area contributed by atoms with E-state index in [1.54, 1.807) is 11.8 Å². The normalized spacial score (nSPS) is 25.0. The minimum Gasteiger partial charge on any atom is -0.339 e. The maximum absolute atomic E-state index is 12.9. The minimum atomic E-state index is -0.250. The lowest BCUT2D eigenvalue weighted by molar-refractivity contribution is -0.144. The highest BCUT2D eigenvalue weighted by atomic mass is 16.2. The number of amides is 2. The van der Waals surface area contributed by atoms with Crippen LogP contribution in [0.3, 0.4) is 0 Å². The van der Waals surface area contributed by atoms with E-state index in [0.717, 1.165) is 51.0 Å². The number of imidazole rings is 1. The second-order valence-electron chi connectivity index (χ2n) is 6.56. The summed E-state index contributed by atoms with van der Waals surface area (Å²) in [4.78, 5) is 32.7. The van der Waals surface area contributed by atoms with Gasteiger partial charge in [0.15, 0.2) is 0 Å². The zero-order valence-corrected chi connectivity index (χ0v) is 14.1. The van der Waals surface area contributed by atoms with Crippen molar-refractivity contribution in [2.45, 2.75) is 58.0 Å². The Morgan fingerprint density at radius 2 is 2.04 bits per heavy atom. The van der Waals surface area contributed by atoms with Gasteiger partial charge in [-0.3, -0.25) is 9.59 Å². The Morgan fingerprint density at radius 1 is 1.26 bits per heavy atom. The molecule has 2 atom stereocenters. The van der Waals surface area contributed by atoms with Gasteiger partial charge in [-0.15, -0.1) is 0 Å². The number of hydrogen-bond acceptors (Lipinski definition) is 3. The van der Waals surface area contributed by atoms with Crippen molar-refractivity contribution in [3.8, 4) is 0 Å². The average Bonchev–Trinajstić information content (AvgIpc) is 3.23. The average molecular weight is 318 g/mol. The predicted molar refractivity (Wildman–Crippen MR) is 86.9 cm³/mol. The van der Waals surface area contributed by atoms with E-state index in [0.29, 0.717) is 12.6 Å². The van der Waals surface area contributed by atoms with E-state index in [2.05, 4.69) is 16.5 Å². The van der Waals surface area contributed by atoms with Crippen LogP contribution in [0.5, 0.6) is 0 Å². The van der Waals surface area contributed by atoms with E-state index in [1.807, 2.05) is 17.3 Å². The van der Waals surface area contributed by atoms with Gasteiger partial charge in [-0.2, -0.15) is 0 Å². The van der Waals surface area contributed by atoms with E-state index >= 15 is 0 Å². The number of likely N-dealkylation sites (tertiary alicyclic amines) is 2. The highest BCUT2D eigenvalue weighted by molar-refractivity contribution is 5.87. The van der Waals surface area contributed by atoms with Gasteiger partial charge in [0.05, 0.1) is 6.04 Å². The van der Waals surface area contributed by atoms with Crippen LogP contribution in [0.1, 0.15) is 51.4 Å². The molecule has 0 saturated carbocycles. The van der Waals surface area contributed by atoms with Crippen LogP contribution in [0.4, 0.5) is 0 Å². The second-order valence-corrected chi connectivity index (χ2v) is 6.56. The SMILES string of the molecule is CCc1nccn1[C@@H]1CCCN(C(=O)[C@@H]2CCCN2C(C)=O)C1. The van der Waals surface area contributed by atoms with Crippen molar-refractivity contribution in [2.24, 2.45) is 0 Å². The van der Waals surface area contributed by atoms with Gasteiger partial charge in [-0.05, 0) is 25.7 Å². The third-order valence-corrected chi connectivity index (χ3v) is 5.11. The highest BCUT2D eigenvalue weighted by Gasteiger charge is 2.37. The molecule has 2 saturated heterocycles. The molecule has 2 fully saturated rings. The largest absolute Gasteiger partial charge is 0.339 e. The fraction of sp³-hybridized carbons (Fsp3) is 0.706. The molecule has 126 valence electrons. The molecule has 3 rings (SSSR count). The van der Waals surface area contributed by atoms with Crippen molar-refractivity contribution in [3.05, 3.63) is 18.2 Å². The second kappa shape index (κ2) is 6.72. The Morgan fingerprint density at radius 3 is 2.78 bits per heavy atom. The van der Waals surface area contributed by atoms with Crippen LogP contribution in [0, 0.1) is 0 Å². The smallest absolute Gasteiger partial charge is 0.245 e. The molecule has 3 heterocycles. The fourth-order valence-corrected chi connectivity index (χ4v) is 3.94. The van der Waals surface area contributed by atoms with Crippen LogP contribution in [-0.2, 0) is 16.0 Å². The van der Waals surface area contributed by atoms with Gasteiger partial charge < -0.3 is 14.4 Å². The molecular formula is C17H26N4O2. The van der Waals surface area contributed by atoms with Crippen molar-refractivity contribution in [1.29, 1.82) is 0 Å². The molecule has 0 radical (unpaired) electrons. The summed E-state index contributed by atoms with van der Waals surface area (Å²) in [6.07, 6.45) is 8.57. The Bertz CT molecular complexity index is 583. The number of aryl methyl sites for hydroxylation is 1. The third-order valence-electron chi connectivity index (χ3n) is 5.11. The lowest BCUT2D eigenvalue weighted by Gasteiger charge is -2.36. The zero-order valence-electron chi connectivity index (χ0n) is 14.1. The van der Waals surface area contributed by atoms with E-state index in [1.165, 1.54) is 0 Å². The summed E-state index contributed by atoms with van der Waals surface area (Å²) < 4.78 is 2.22. The van der Waals surface area contributed by atoms with Crippen LogP contribution in [-0.4, -0.2) is 56.8 Å². The van der Waals surface area contributed by atoms with Crippen LogP contribution < -0.4 is 0 Å². The molecule has 0 unspecified atom stereocenters. The number of aromatic nitrogens is 2. The molecule has 2 aliphatic rings. The number of carbonyl (C=O) groups excluding carboxylic acids is 2. The molecule has 2 amide bonds. The molecular weight excluding hydrogens is 292 g/mol. The molecule has 0 aliphatic carbocycles. The van der Waals surface area contributed by atoms with Crippen molar-refractivity contribution in [1.82, 2.24) is 19.4 Å². The summed E-state index contributed by atoms with van der Waals surface area (Å²) >= 11 is 0. The van der Waals surface area contributed by atoms with Crippen molar-refractivity contribution < 1.29 is 9.59 Å². The molecule has 0 aromatic carbocycles. The first-order valence-corrected chi connectivity index (χ1v) is 8.69. The van der Waals surface area contributed by atoms with E-state index in [4.69, 9.17) is 0 Å². The van der Waals surface area contributed by atoms with E-state index in [9.17, 15) is 9.59 Å². The molecule has 6 heteroatoms. The first-order valence-electron chi connectivity index (χ1n) is 8.69. The Labute approximate surface area is 137 Å². The van der Waals surface area contributed by atoms with Crippen LogP contribution in [0.2, 0.25) is 0 Å². The van der Waals surface area contributed by atoms with E-state index < -0.39 is 0 Å². The Balaban J connectivity index is 1.71. The third kappa shape index (κ3) is 3.12. The van der Waals surface area contributed by atoms with Gasteiger partial charge in [-0.25, -0.2) is 4.98 Å². The van der Waals surface area contributed by atoms with Gasteiger partial charge in [0.25, 0.3) is 0 Å². The molecule has 0 spiro atoms. The summed E-state index contributed by atoms with van der Waals surface area (Å²) in [5, 5.41) is 0. The molecule has 0 N–H and O–H groups in total. The number of nitrogens with zero attached hydrogens (tertiary/aromatic N) is 4. The van der Waals surface area contributed by atoms with Crippen LogP contribution in [0.15, 0.2) is 12.4 Å². The first-order chi connectivity index (χ1) is 11.1. The lowest BCUT2D eigenvalue weighted by Crippen LogP contribution is -2.50. The molecule has 1 aromatic heterocycles. The van der Waals surface area contributed by atoms with Crippen molar-refractivity contribution in [2.75, 3.05) is 19.6 Å². The van der Waals surface area contributed by atoms with Gasteiger partial charge in [-0.1, -0.05) is 6.92 Å². The monoisotopic (exact) mass is 318 g/mol. The van der Waals surface area contributed by atoms with Gasteiger partial charge >= 0.3 is 0 Å². The zero-order chi connectivity index (χ0) is 16.4. The van der Waals surface area contributed by atoms with Crippen molar-refractivity contribution >= 4 is 11.8 Å². The quantitative estimate of drug-likeness (QED) is 0.851. The lowest BCUT2D eigenvalue weighted by atomic mass is 10.0. The topological polar surface area (TPSA) is 58.4 Å². The van der Waals surface area contributed by atoms with Crippen LogP contribution >= 0.6 is 0 Å². The van der Waals surface area contributed by atoms with Gasteiger partial charge in [0, 0.05) is 45.4 Å². The molecule has 1 aromatic rings. The summed E-state index contributed by atoms with van der Waals surface area (Å²) in [6, 6.07) is 0.0528. The van der Waals surface area contributed by atoms with Crippen LogP contribution in [0.25, 0.3) is 0 Å². The van der Waals surface area contributed by atoms with Gasteiger partial charge in [0.1, 0.15) is 11.9 Å². The molecule has 6 nitrogen and oxygen atoms in total. The van der Waals surface area contributed by atoms with Gasteiger partial charge in [0.2, 0.25) is 11.8 Å². The number of carbonyl (C=O) groups is 2. The fourth-order valence-electron chi connectivity index (χ4n) is 3.94. The Kier molecular flexibility index (Phi) is 4.68. The molecule has 23 heavy (non-hydrogen) atoms. The standard InChI is InChI=1S/C17H26N4O2/c1-3-16-18-8-11-21(16)14-6-4-9-19(12-14)17(23)15-7-5-10-20(15)13(2)22/h8,11,14-15H,3-7,9-10,12H2,1-2H3/t14-,15+/m1/s1. The predicted octanol–water partition coefficient (Wildman–Crippen LogP) is 1.62. The maximum Gasteiger partial charge on any atom is 0.245 e. The van der Waals surface area contributed by atoms with E-state index in [-0.39, 0.29) is 17.9 Å². The Hall–Kier alpha value is -1.85. The summed E-state index contributed by atoms with van der Waals surface area (Å²) in [5.74, 6) is 1.22. The van der Waals surface area contributed by atoms with Crippen molar-refractivity contribution in [3.63, 3.8) is 0 Å². The highest BCUT2D eigenvalue weighted by Crippen LogP contribution is 2.26. The first kappa shape index (κ1) is 16.0. The summed E-state index contributed by atoms with van der Waals surface area (Å²) in [5.41, 5.74) is 0. The summed E-state index contributed by atoms with van der Waals surface area (Å²) in [7, 11) is 0. The number of rotatable bonds is 3. The molecule has 0 bridgehead atoms. The number of piperidine rings is 1.